The van der Waals surface area contributed by atoms with Crippen LogP contribution in [0.4, 0.5) is 0 Å². The summed E-state index contributed by atoms with van der Waals surface area (Å²) in [5, 5.41) is 7.97. The van der Waals surface area contributed by atoms with E-state index in [4.69, 9.17) is 0 Å². The fourth-order valence-electron chi connectivity index (χ4n) is 3.76. The lowest BCUT2D eigenvalue weighted by Crippen LogP contribution is -2.50. The van der Waals surface area contributed by atoms with Crippen molar-refractivity contribution in [1.29, 1.82) is 0 Å². The summed E-state index contributed by atoms with van der Waals surface area (Å²) in [6.45, 7) is 8.18. The largest absolute Gasteiger partial charge is 0.316 e. The number of hydrogen-bond donors (Lipinski definition) is 1. The third-order valence-electron chi connectivity index (χ3n) is 5.03. The van der Waals surface area contributed by atoms with Gasteiger partial charge in [-0.25, -0.2) is 0 Å². The van der Waals surface area contributed by atoms with Crippen LogP contribution in [0, 0.1) is 12.3 Å². The maximum absolute atomic E-state index is 4.36. The molecule has 0 aromatic carbocycles. The van der Waals surface area contributed by atoms with Crippen LogP contribution in [0.2, 0.25) is 0 Å². The molecule has 2 aliphatic rings. The summed E-state index contributed by atoms with van der Waals surface area (Å²) in [6.07, 6.45) is 7.54. The number of aryl methyl sites for hydroxylation is 1. The minimum atomic E-state index is 0.548. The van der Waals surface area contributed by atoms with Gasteiger partial charge in [0.25, 0.3) is 0 Å². The summed E-state index contributed by atoms with van der Waals surface area (Å²) in [6, 6.07) is 0. The van der Waals surface area contributed by atoms with E-state index in [0.717, 1.165) is 6.54 Å². The van der Waals surface area contributed by atoms with Crippen LogP contribution in [0.1, 0.15) is 36.9 Å². The van der Waals surface area contributed by atoms with E-state index in [9.17, 15) is 0 Å². The van der Waals surface area contributed by atoms with E-state index < -0.39 is 0 Å². The highest BCUT2D eigenvalue weighted by Crippen LogP contribution is 2.36. The summed E-state index contributed by atoms with van der Waals surface area (Å²) in [4.78, 5) is 2.64. The van der Waals surface area contributed by atoms with Gasteiger partial charge in [0.2, 0.25) is 0 Å². The van der Waals surface area contributed by atoms with Crippen LogP contribution in [-0.2, 0) is 13.6 Å². The first-order chi connectivity index (χ1) is 9.19. The van der Waals surface area contributed by atoms with Crippen molar-refractivity contribution in [3.05, 3.63) is 17.5 Å². The van der Waals surface area contributed by atoms with E-state index in [2.05, 4.69) is 22.2 Å². The van der Waals surface area contributed by atoms with Crippen LogP contribution in [0.15, 0.2) is 6.20 Å². The van der Waals surface area contributed by atoms with Gasteiger partial charge in [-0.1, -0.05) is 0 Å². The highest BCUT2D eigenvalue weighted by Gasteiger charge is 2.36. The van der Waals surface area contributed by atoms with Gasteiger partial charge in [0, 0.05) is 37.9 Å². The van der Waals surface area contributed by atoms with Crippen LogP contribution in [0.25, 0.3) is 0 Å². The van der Waals surface area contributed by atoms with E-state index in [-0.39, 0.29) is 0 Å². The molecule has 2 fully saturated rings. The zero-order chi connectivity index (χ0) is 13.3. The molecule has 1 spiro atoms. The first-order valence-corrected chi connectivity index (χ1v) is 7.59. The molecule has 0 saturated carbocycles. The fourth-order valence-corrected chi connectivity index (χ4v) is 3.76. The molecular formula is C15H26N4. The third-order valence-corrected chi connectivity index (χ3v) is 5.03. The molecule has 1 aromatic heterocycles. The topological polar surface area (TPSA) is 33.1 Å². The molecule has 4 heteroatoms. The van der Waals surface area contributed by atoms with Gasteiger partial charge in [-0.05, 0) is 51.1 Å². The Balaban J connectivity index is 1.66. The van der Waals surface area contributed by atoms with Crippen molar-refractivity contribution in [2.75, 3.05) is 26.2 Å². The van der Waals surface area contributed by atoms with Gasteiger partial charge in [0.15, 0.2) is 0 Å². The van der Waals surface area contributed by atoms with Gasteiger partial charge in [0.1, 0.15) is 0 Å². The summed E-state index contributed by atoms with van der Waals surface area (Å²) in [5.41, 5.74) is 3.25. The first-order valence-electron chi connectivity index (χ1n) is 7.59. The van der Waals surface area contributed by atoms with Crippen molar-refractivity contribution in [3.63, 3.8) is 0 Å². The van der Waals surface area contributed by atoms with Crippen molar-refractivity contribution in [2.24, 2.45) is 12.5 Å². The summed E-state index contributed by atoms with van der Waals surface area (Å²) in [5.74, 6) is 0. The average molecular weight is 262 g/mol. The molecule has 0 aliphatic carbocycles. The van der Waals surface area contributed by atoms with E-state index in [1.54, 1.807) is 0 Å². The molecule has 2 aliphatic heterocycles. The Morgan fingerprint density at radius 3 is 2.89 bits per heavy atom. The molecular weight excluding hydrogens is 236 g/mol. The molecule has 19 heavy (non-hydrogen) atoms. The van der Waals surface area contributed by atoms with Gasteiger partial charge >= 0.3 is 0 Å². The molecule has 1 unspecified atom stereocenters. The Hall–Kier alpha value is -0.870. The molecule has 2 saturated heterocycles. The van der Waals surface area contributed by atoms with Crippen LogP contribution < -0.4 is 5.32 Å². The third kappa shape index (κ3) is 2.70. The van der Waals surface area contributed by atoms with E-state index in [0.29, 0.717) is 5.41 Å². The zero-order valence-electron chi connectivity index (χ0n) is 12.3. The molecule has 0 radical (unpaired) electrons. The lowest BCUT2D eigenvalue weighted by atomic mass is 9.74. The lowest BCUT2D eigenvalue weighted by Gasteiger charge is -2.45. The molecule has 106 valence electrons. The monoisotopic (exact) mass is 262 g/mol. The molecule has 3 heterocycles. The van der Waals surface area contributed by atoms with Gasteiger partial charge in [-0.15, -0.1) is 0 Å². The van der Waals surface area contributed by atoms with Crippen LogP contribution in [-0.4, -0.2) is 40.9 Å². The Kier molecular flexibility index (Phi) is 3.63. The second-order valence-electron chi connectivity index (χ2n) is 6.47. The number of nitrogens with one attached hydrogen (secondary N) is 1. The highest BCUT2D eigenvalue weighted by atomic mass is 15.3. The summed E-state index contributed by atoms with van der Waals surface area (Å²) >= 11 is 0. The van der Waals surface area contributed by atoms with Crippen molar-refractivity contribution in [2.45, 2.75) is 39.2 Å². The Morgan fingerprint density at radius 2 is 2.21 bits per heavy atom. The van der Waals surface area contributed by atoms with Crippen molar-refractivity contribution < 1.29 is 0 Å². The first kappa shape index (κ1) is 13.1. The van der Waals surface area contributed by atoms with Gasteiger partial charge < -0.3 is 5.32 Å². The van der Waals surface area contributed by atoms with E-state index >= 15 is 0 Å². The predicted molar refractivity (Wildman–Crippen MR) is 77.0 cm³/mol. The van der Waals surface area contributed by atoms with E-state index in [1.807, 2.05) is 17.9 Å². The maximum atomic E-state index is 4.36. The molecule has 3 rings (SSSR count). The van der Waals surface area contributed by atoms with Crippen LogP contribution >= 0.6 is 0 Å². The highest BCUT2D eigenvalue weighted by molar-refractivity contribution is 5.15. The van der Waals surface area contributed by atoms with Crippen molar-refractivity contribution >= 4 is 0 Å². The Morgan fingerprint density at radius 1 is 1.37 bits per heavy atom. The fraction of sp³-hybridized carbons (Fsp3) is 0.800. The average Bonchev–Trinajstić information content (AvgIpc) is 2.72. The normalized spacial score (nSPS) is 28.9. The number of rotatable bonds is 2. The second-order valence-corrected chi connectivity index (χ2v) is 6.47. The van der Waals surface area contributed by atoms with Gasteiger partial charge in [0.05, 0.1) is 6.20 Å². The van der Waals surface area contributed by atoms with E-state index in [1.165, 1.54) is 63.1 Å². The molecule has 1 N–H and O–H groups in total. The Bertz CT molecular complexity index is 426. The minimum Gasteiger partial charge on any atom is -0.316 e. The molecule has 1 atom stereocenters. The molecule has 0 amide bonds. The summed E-state index contributed by atoms with van der Waals surface area (Å²) in [7, 11) is 2.03. The number of likely N-dealkylation sites (tertiary alicyclic amines) is 1. The Labute approximate surface area is 116 Å². The zero-order valence-corrected chi connectivity index (χ0v) is 12.3. The van der Waals surface area contributed by atoms with Gasteiger partial charge in [-0.2, -0.15) is 5.10 Å². The predicted octanol–water partition coefficient (Wildman–Crippen LogP) is 1.69. The minimum absolute atomic E-state index is 0.548. The molecule has 0 bridgehead atoms. The summed E-state index contributed by atoms with van der Waals surface area (Å²) < 4.78 is 1.98. The smallest absolute Gasteiger partial charge is 0.0537 e. The van der Waals surface area contributed by atoms with Crippen LogP contribution in [0.3, 0.4) is 0 Å². The SMILES string of the molecule is Cc1c(CN2CCCC3(CCCNC3)C2)cnn1C. The standard InChI is InChI=1S/C15H26N4/c1-13-14(9-17-18(13)2)10-19-8-4-6-15(12-19)5-3-7-16-11-15/h9,16H,3-8,10-12H2,1-2H3. The number of nitrogens with zero attached hydrogens (tertiary/aromatic N) is 3. The van der Waals surface area contributed by atoms with Crippen LogP contribution in [0.5, 0.6) is 0 Å². The quantitative estimate of drug-likeness (QED) is 0.880. The van der Waals surface area contributed by atoms with Gasteiger partial charge in [-0.3, -0.25) is 9.58 Å². The van der Waals surface area contributed by atoms with Crippen molar-refractivity contribution in [1.82, 2.24) is 20.0 Å². The molecule has 1 aromatic rings. The number of piperidine rings is 2. The number of aromatic nitrogens is 2. The maximum Gasteiger partial charge on any atom is 0.0537 e. The van der Waals surface area contributed by atoms with Crippen molar-refractivity contribution in [3.8, 4) is 0 Å². The number of hydrogen-bond acceptors (Lipinski definition) is 3. The lowest BCUT2D eigenvalue weighted by molar-refractivity contribution is 0.0599. The molecule has 4 nitrogen and oxygen atoms in total. The second kappa shape index (κ2) is 5.25.